The van der Waals surface area contributed by atoms with E-state index in [2.05, 4.69) is 5.32 Å². The van der Waals surface area contributed by atoms with E-state index in [9.17, 15) is 4.79 Å². The minimum Gasteiger partial charge on any atom is -0.495 e. The molecule has 2 aromatic rings. The number of aryl methyl sites for hydroxylation is 1. The van der Waals surface area contributed by atoms with E-state index in [1.807, 2.05) is 32.0 Å². The fourth-order valence-electron chi connectivity index (χ4n) is 2.88. The number of nitrogens with one attached hydrogen (secondary N) is 1. The number of halogens is 1. The molecule has 2 aromatic carbocycles. The van der Waals surface area contributed by atoms with Crippen molar-refractivity contribution in [1.29, 1.82) is 0 Å². The van der Waals surface area contributed by atoms with Gasteiger partial charge in [0.05, 0.1) is 37.2 Å². The number of ether oxygens (including phenoxy) is 3. The van der Waals surface area contributed by atoms with Gasteiger partial charge in [-0.3, -0.25) is 4.90 Å². The number of fused-ring (bicyclic) bond motifs is 1. The van der Waals surface area contributed by atoms with Gasteiger partial charge in [-0.2, -0.15) is 0 Å². The van der Waals surface area contributed by atoms with Crippen LogP contribution in [0.4, 0.5) is 16.2 Å². The van der Waals surface area contributed by atoms with Gasteiger partial charge < -0.3 is 19.5 Å². The predicted molar refractivity (Wildman–Crippen MR) is 102 cm³/mol. The third-order valence-electron chi connectivity index (χ3n) is 4.13. The summed E-state index contributed by atoms with van der Waals surface area (Å²) in [4.78, 5) is 14.6. The van der Waals surface area contributed by atoms with Crippen molar-refractivity contribution in [2.45, 2.75) is 20.0 Å². The highest BCUT2D eigenvalue weighted by Gasteiger charge is 2.28. The molecule has 0 aliphatic carbocycles. The zero-order valence-corrected chi connectivity index (χ0v) is 15.9. The van der Waals surface area contributed by atoms with Crippen LogP contribution in [0.1, 0.15) is 12.5 Å². The summed E-state index contributed by atoms with van der Waals surface area (Å²) in [6, 6.07) is 8.73. The van der Waals surface area contributed by atoms with Crippen molar-refractivity contribution in [3.63, 3.8) is 0 Å². The Morgan fingerprint density at radius 1 is 1.23 bits per heavy atom. The van der Waals surface area contributed by atoms with Gasteiger partial charge in [-0.15, -0.1) is 0 Å². The smallest absolute Gasteiger partial charge is 0.326 e. The summed E-state index contributed by atoms with van der Waals surface area (Å²) in [6.07, 6.45) is -0.114. The van der Waals surface area contributed by atoms with Crippen LogP contribution in [0.2, 0.25) is 5.02 Å². The average molecular weight is 377 g/mol. The monoisotopic (exact) mass is 376 g/mol. The van der Waals surface area contributed by atoms with Crippen molar-refractivity contribution < 1.29 is 19.0 Å². The zero-order valence-electron chi connectivity index (χ0n) is 15.1. The topological polar surface area (TPSA) is 60.0 Å². The van der Waals surface area contributed by atoms with Crippen LogP contribution in [0, 0.1) is 6.92 Å². The fraction of sp³-hybridized carbons (Fsp3) is 0.316. The van der Waals surface area contributed by atoms with Crippen LogP contribution in [0.25, 0.3) is 0 Å². The summed E-state index contributed by atoms with van der Waals surface area (Å²) in [5.74, 6) is 1.62. The van der Waals surface area contributed by atoms with Crippen molar-refractivity contribution in [2.75, 3.05) is 31.0 Å². The molecule has 0 spiro atoms. The quantitative estimate of drug-likeness (QED) is 0.857. The minimum absolute atomic E-state index is 0.114. The van der Waals surface area contributed by atoms with Crippen molar-refractivity contribution in [2.24, 2.45) is 0 Å². The fourth-order valence-corrected chi connectivity index (χ4v) is 3.12. The van der Waals surface area contributed by atoms with Gasteiger partial charge in [0.1, 0.15) is 23.4 Å². The van der Waals surface area contributed by atoms with Crippen LogP contribution >= 0.6 is 11.6 Å². The van der Waals surface area contributed by atoms with Gasteiger partial charge in [-0.1, -0.05) is 17.7 Å². The first-order valence-electron chi connectivity index (χ1n) is 8.20. The Morgan fingerprint density at radius 3 is 2.65 bits per heavy atom. The third kappa shape index (κ3) is 3.51. The van der Waals surface area contributed by atoms with E-state index < -0.39 is 0 Å². The molecule has 0 radical (unpaired) electrons. The summed E-state index contributed by atoms with van der Waals surface area (Å²) < 4.78 is 16.4. The zero-order chi connectivity index (χ0) is 18.8. The number of nitrogens with zero attached hydrogens (tertiary/aromatic N) is 1. The molecule has 6 nitrogen and oxygen atoms in total. The summed E-state index contributed by atoms with van der Waals surface area (Å²) in [6.45, 7) is 4.34. The van der Waals surface area contributed by atoms with Crippen LogP contribution in [0.3, 0.4) is 0 Å². The number of benzene rings is 2. The molecule has 0 bridgehead atoms. The first kappa shape index (κ1) is 18.2. The molecule has 0 saturated carbocycles. The molecule has 1 heterocycles. The number of hydrogen-bond acceptors (Lipinski definition) is 4. The number of amides is 2. The molecule has 2 amide bonds. The number of carbonyl (C=O) groups is 1. The van der Waals surface area contributed by atoms with E-state index in [1.165, 1.54) is 14.2 Å². The molecule has 7 heteroatoms. The minimum atomic E-state index is -0.286. The van der Waals surface area contributed by atoms with Gasteiger partial charge in [0.2, 0.25) is 0 Å². The van der Waals surface area contributed by atoms with Crippen molar-refractivity contribution in [3.8, 4) is 17.2 Å². The summed E-state index contributed by atoms with van der Waals surface area (Å²) in [7, 11) is 3.04. The largest absolute Gasteiger partial charge is 0.495 e. The normalized spacial score (nSPS) is 15.7. The average Bonchev–Trinajstić information content (AvgIpc) is 2.61. The molecule has 0 aromatic heterocycles. The maximum atomic E-state index is 13.0. The Hall–Kier alpha value is -2.60. The second kappa shape index (κ2) is 7.33. The van der Waals surface area contributed by atoms with Crippen molar-refractivity contribution >= 4 is 29.0 Å². The third-order valence-corrected chi connectivity index (χ3v) is 4.43. The van der Waals surface area contributed by atoms with Crippen LogP contribution in [0.15, 0.2) is 30.3 Å². The molecule has 3 rings (SSSR count). The van der Waals surface area contributed by atoms with Crippen LogP contribution in [0.5, 0.6) is 17.2 Å². The number of rotatable bonds is 3. The molecular formula is C19H21ClN2O4. The molecule has 1 aliphatic heterocycles. The number of carbonyl (C=O) groups excluding carboxylic acids is 1. The highest BCUT2D eigenvalue weighted by molar-refractivity contribution is 6.32. The molecule has 0 unspecified atom stereocenters. The molecule has 26 heavy (non-hydrogen) atoms. The second-order valence-corrected chi connectivity index (χ2v) is 6.53. The molecule has 1 aliphatic rings. The van der Waals surface area contributed by atoms with E-state index in [-0.39, 0.29) is 12.1 Å². The highest BCUT2D eigenvalue weighted by Crippen LogP contribution is 2.38. The Labute approximate surface area is 157 Å². The van der Waals surface area contributed by atoms with Gasteiger partial charge in [-0.05, 0) is 37.6 Å². The van der Waals surface area contributed by atoms with Crippen LogP contribution < -0.4 is 24.4 Å². The number of methoxy groups -OCH3 is 2. The first-order chi connectivity index (χ1) is 12.4. The SMILES string of the molecule is COc1cc(OC)c(NC(=O)N2C[C@H](C)Oc3ccc(C)cc32)cc1Cl. The number of anilines is 2. The van der Waals surface area contributed by atoms with E-state index in [1.54, 1.807) is 17.0 Å². The molecule has 1 N–H and O–H groups in total. The molecule has 1 atom stereocenters. The Balaban J connectivity index is 1.92. The molecule has 138 valence electrons. The van der Waals surface area contributed by atoms with E-state index in [0.717, 1.165) is 11.3 Å². The van der Waals surface area contributed by atoms with Gasteiger partial charge in [0, 0.05) is 6.07 Å². The van der Waals surface area contributed by atoms with Gasteiger partial charge >= 0.3 is 6.03 Å². The predicted octanol–water partition coefficient (Wildman–Crippen LogP) is 4.49. The van der Waals surface area contributed by atoms with Crippen LogP contribution in [-0.2, 0) is 0 Å². The maximum Gasteiger partial charge on any atom is 0.326 e. The van der Waals surface area contributed by atoms with Gasteiger partial charge in [0.15, 0.2) is 0 Å². The van der Waals surface area contributed by atoms with Gasteiger partial charge in [0.25, 0.3) is 0 Å². The molecule has 0 saturated heterocycles. The maximum absolute atomic E-state index is 13.0. The van der Waals surface area contributed by atoms with Gasteiger partial charge in [-0.25, -0.2) is 4.79 Å². The summed E-state index contributed by atoms with van der Waals surface area (Å²) in [5, 5.41) is 3.26. The standard InChI is InChI=1S/C19H21ClN2O4/c1-11-5-6-16-15(7-11)22(10-12(2)26-16)19(23)21-14-8-13(20)17(24-3)9-18(14)25-4/h5-9,12H,10H2,1-4H3,(H,21,23)/t12-/m0/s1. The molecule has 0 fully saturated rings. The van der Waals surface area contributed by atoms with Crippen molar-refractivity contribution in [1.82, 2.24) is 0 Å². The van der Waals surface area contributed by atoms with Crippen LogP contribution in [-0.4, -0.2) is 32.9 Å². The lowest BCUT2D eigenvalue weighted by Gasteiger charge is -2.33. The number of hydrogen-bond donors (Lipinski definition) is 1. The Morgan fingerprint density at radius 2 is 1.96 bits per heavy atom. The lowest BCUT2D eigenvalue weighted by Crippen LogP contribution is -2.44. The van der Waals surface area contributed by atoms with E-state index in [0.29, 0.717) is 34.5 Å². The second-order valence-electron chi connectivity index (χ2n) is 6.13. The number of urea groups is 1. The van der Waals surface area contributed by atoms with E-state index >= 15 is 0 Å². The highest BCUT2D eigenvalue weighted by atomic mass is 35.5. The van der Waals surface area contributed by atoms with Crippen molar-refractivity contribution in [3.05, 3.63) is 40.9 Å². The Bertz CT molecular complexity index is 841. The first-order valence-corrected chi connectivity index (χ1v) is 8.58. The molecular weight excluding hydrogens is 356 g/mol. The summed E-state index contributed by atoms with van der Waals surface area (Å²) in [5.41, 5.74) is 2.25. The Kier molecular flexibility index (Phi) is 5.13. The summed E-state index contributed by atoms with van der Waals surface area (Å²) >= 11 is 6.19. The lowest BCUT2D eigenvalue weighted by molar-refractivity contribution is 0.208. The van der Waals surface area contributed by atoms with E-state index in [4.69, 9.17) is 25.8 Å². The lowest BCUT2D eigenvalue weighted by atomic mass is 10.1.